The van der Waals surface area contributed by atoms with E-state index in [4.69, 9.17) is 4.74 Å². The van der Waals surface area contributed by atoms with Gasteiger partial charge in [-0.05, 0) is 35.4 Å². The zero-order valence-electron chi connectivity index (χ0n) is 19.6. The van der Waals surface area contributed by atoms with Gasteiger partial charge in [0.15, 0.2) is 4.34 Å². The number of amides is 2. The predicted octanol–water partition coefficient (Wildman–Crippen LogP) is 3.79. The number of carbonyl (C=O) groups excluding carboxylic acids is 2. The molecule has 8 nitrogen and oxygen atoms in total. The fourth-order valence-electron chi connectivity index (χ4n) is 4.18. The van der Waals surface area contributed by atoms with Crippen molar-refractivity contribution in [2.75, 3.05) is 43.1 Å². The zero-order valence-corrected chi connectivity index (χ0v) is 21.2. The van der Waals surface area contributed by atoms with Crippen LogP contribution in [-0.4, -0.2) is 59.8 Å². The lowest BCUT2D eigenvalue weighted by Gasteiger charge is -2.26. The molecule has 2 fully saturated rings. The van der Waals surface area contributed by atoms with E-state index < -0.39 is 5.92 Å². The van der Waals surface area contributed by atoms with Gasteiger partial charge < -0.3 is 15.0 Å². The van der Waals surface area contributed by atoms with Crippen molar-refractivity contribution in [2.45, 2.75) is 23.1 Å². The van der Waals surface area contributed by atoms with Crippen LogP contribution in [0.15, 0.2) is 52.9 Å². The Kier molecular flexibility index (Phi) is 7.90. The molecule has 0 saturated carbocycles. The van der Waals surface area contributed by atoms with Gasteiger partial charge in [-0.15, -0.1) is 10.2 Å². The van der Waals surface area contributed by atoms with Crippen LogP contribution in [0.25, 0.3) is 0 Å². The lowest BCUT2D eigenvalue weighted by Crippen LogP contribution is -2.35. The van der Waals surface area contributed by atoms with Gasteiger partial charge in [-0.2, -0.15) is 0 Å². The Morgan fingerprint density at radius 3 is 2.56 bits per heavy atom. The van der Waals surface area contributed by atoms with E-state index in [1.54, 1.807) is 17.0 Å². The number of rotatable bonds is 8. The molecule has 5 rings (SSSR count). The molecule has 0 radical (unpaired) electrons. The second-order valence-corrected chi connectivity index (χ2v) is 10.9. The van der Waals surface area contributed by atoms with Crippen LogP contribution in [0.2, 0.25) is 0 Å². The number of halogens is 1. The van der Waals surface area contributed by atoms with Crippen molar-refractivity contribution in [3.05, 3.63) is 65.5 Å². The molecule has 1 aromatic heterocycles. The minimum absolute atomic E-state index is 0.0658. The molecule has 2 aromatic carbocycles. The molecule has 2 aliphatic heterocycles. The number of hydrogen-bond donors (Lipinski definition) is 1. The van der Waals surface area contributed by atoms with Crippen LogP contribution in [0.1, 0.15) is 17.5 Å². The molecule has 0 spiro atoms. The molecule has 0 bridgehead atoms. The second-order valence-electron chi connectivity index (χ2n) is 8.74. The third kappa shape index (κ3) is 6.28. The summed E-state index contributed by atoms with van der Waals surface area (Å²) in [5.41, 5.74) is 2.96. The van der Waals surface area contributed by atoms with E-state index >= 15 is 0 Å². The number of morpholine rings is 1. The van der Waals surface area contributed by atoms with Crippen LogP contribution in [0.3, 0.4) is 0 Å². The van der Waals surface area contributed by atoms with Crippen molar-refractivity contribution >= 4 is 45.7 Å². The van der Waals surface area contributed by atoms with Crippen LogP contribution >= 0.6 is 23.1 Å². The SMILES string of the molecule is O=C(Nc1nnc(SCc2ccc(F)cc2)s1)C1CC(=O)N(c2ccc(CN3CCOCC3)cc2)C1. The minimum atomic E-state index is -0.454. The molecule has 2 amide bonds. The summed E-state index contributed by atoms with van der Waals surface area (Å²) < 4.78 is 19.1. The Balaban J connectivity index is 1.12. The monoisotopic (exact) mass is 527 g/mol. The molecule has 1 N–H and O–H groups in total. The zero-order chi connectivity index (χ0) is 24.9. The quantitative estimate of drug-likeness (QED) is 0.352. The average molecular weight is 528 g/mol. The molecule has 2 saturated heterocycles. The number of anilines is 2. The predicted molar refractivity (Wildman–Crippen MR) is 137 cm³/mol. The first-order chi connectivity index (χ1) is 17.5. The highest BCUT2D eigenvalue weighted by Gasteiger charge is 2.35. The summed E-state index contributed by atoms with van der Waals surface area (Å²) in [6.45, 7) is 4.56. The molecule has 3 heterocycles. The number of nitrogens with zero attached hydrogens (tertiary/aromatic N) is 4. The highest BCUT2D eigenvalue weighted by Crippen LogP contribution is 2.30. The normalized spacial score (nSPS) is 18.5. The molecular formula is C25H26FN5O3S2. The van der Waals surface area contributed by atoms with Crippen LogP contribution in [0, 0.1) is 11.7 Å². The summed E-state index contributed by atoms with van der Waals surface area (Å²) in [7, 11) is 0. The van der Waals surface area contributed by atoms with Crippen LogP contribution in [0.4, 0.5) is 15.2 Å². The van der Waals surface area contributed by atoms with Crippen LogP contribution < -0.4 is 10.2 Å². The van der Waals surface area contributed by atoms with Gasteiger partial charge in [0, 0.05) is 44.0 Å². The van der Waals surface area contributed by atoms with Crippen molar-refractivity contribution in [1.29, 1.82) is 0 Å². The Hall–Kier alpha value is -2.86. The molecule has 188 valence electrons. The Morgan fingerprint density at radius 1 is 1.08 bits per heavy atom. The molecule has 11 heteroatoms. The minimum Gasteiger partial charge on any atom is -0.379 e. The highest BCUT2D eigenvalue weighted by molar-refractivity contribution is 8.00. The van der Waals surface area contributed by atoms with Crippen molar-refractivity contribution in [1.82, 2.24) is 15.1 Å². The van der Waals surface area contributed by atoms with Gasteiger partial charge in [-0.1, -0.05) is 47.4 Å². The topological polar surface area (TPSA) is 87.7 Å². The fourth-order valence-corrected chi connectivity index (χ4v) is 5.89. The second kappa shape index (κ2) is 11.5. The first-order valence-electron chi connectivity index (χ1n) is 11.7. The summed E-state index contributed by atoms with van der Waals surface area (Å²) in [6, 6.07) is 14.3. The molecule has 1 atom stereocenters. The van der Waals surface area contributed by atoms with Crippen LogP contribution in [-0.2, 0) is 26.6 Å². The molecule has 36 heavy (non-hydrogen) atoms. The van der Waals surface area contributed by atoms with Gasteiger partial charge in [0.2, 0.25) is 16.9 Å². The van der Waals surface area contributed by atoms with Crippen molar-refractivity contribution in [3.8, 4) is 0 Å². The van der Waals surface area contributed by atoms with Gasteiger partial charge in [-0.25, -0.2) is 4.39 Å². The molecule has 3 aromatic rings. The van der Waals surface area contributed by atoms with Gasteiger partial charge in [0.05, 0.1) is 19.1 Å². The lowest BCUT2D eigenvalue weighted by molar-refractivity contribution is -0.122. The summed E-state index contributed by atoms with van der Waals surface area (Å²) >= 11 is 2.75. The number of ether oxygens (including phenoxy) is 1. The van der Waals surface area contributed by atoms with Gasteiger partial charge >= 0.3 is 0 Å². The van der Waals surface area contributed by atoms with Gasteiger partial charge in [0.1, 0.15) is 5.82 Å². The van der Waals surface area contributed by atoms with Gasteiger partial charge in [-0.3, -0.25) is 14.5 Å². The maximum Gasteiger partial charge on any atom is 0.231 e. The summed E-state index contributed by atoms with van der Waals surface area (Å²) in [5.74, 6) is -0.399. The van der Waals surface area contributed by atoms with E-state index in [1.807, 2.05) is 24.3 Å². The van der Waals surface area contributed by atoms with E-state index in [2.05, 4.69) is 20.4 Å². The maximum atomic E-state index is 13.0. The lowest BCUT2D eigenvalue weighted by atomic mass is 10.1. The van der Waals surface area contributed by atoms with E-state index in [-0.39, 0.29) is 24.1 Å². The maximum absolute atomic E-state index is 13.0. The summed E-state index contributed by atoms with van der Waals surface area (Å²) in [6.07, 6.45) is 0.159. The molecule has 2 aliphatic rings. The third-order valence-corrected chi connectivity index (χ3v) is 8.21. The number of carbonyl (C=O) groups is 2. The molecule has 1 unspecified atom stereocenters. The first kappa shape index (κ1) is 24.8. The molecule has 0 aliphatic carbocycles. The standard InChI is InChI=1S/C25H26FN5O3S2/c26-20-5-1-18(2-6-20)16-35-25-29-28-24(36-25)27-23(33)19-13-22(32)31(15-19)21-7-3-17(4-8-21)14-30-9-11-34-12-10-30/h1-8,19H,9-16H2,(H,27,28,33). The van der Waals surface area contributed by atoms with Crippen LogP contribution in [0.5, 0.6) is 0 Å². The number of aromatic nitrogens is 2. The van der Waals surface area contributed by atoms with E-state index in [9.17, 15) is 14.0 Å². The number of thioether (sulfide) groups is 1. The third-order valence-electron chi connectivity index (χ3n) is 6.17. The summed E-state index contributed by atoms with van der Waals surface area (Å²) in [4.78, 5) is 29.5. The van der Waals surface area contributed by atoms with Crippen molar-refractivity contribution < 1.29 is 18.7 Å². The highest BCUT2D eigenvalue weighted by atomic mass is 32.2. The average Bonchev–Trinajstić information content (AvgIpc) is 3.51. The number of nitrogens with one attached hydrogen (secondary N) is 1. The van der Waals surface area contributed by atoms with Gasteiger partial charge in [0.25, 0.3) is 0 Å². The number of benzene rings is 2. The van der Waals surface area contributed by atoms with E-state index in [1.165, 1.54) is 40.8 Å². The van der Waals surface area contributed by atoms with E-state index in [0.29, 0.717) is 21.8 Å². The Labute approximate surface area is 216 Å². The molecular weight excluding hydrogens is 501 g/mol. The van der Waals surface area contributed by atoms with Crippen molar-refractivity contribution in [2.24, 2.45) is 5.92 Å². The Morgan fingerprint density at radius 2 is 1.81 bits per heavy atom. The van der Waals surface area contributed by atoms with Crippen molar-refractivity contribution in [3.63, 3.8) is 0 Å². The largest absolute Gasteiger partial charge is 0.379 e. The first-order valence-corrected chi connectivity index (χ1v) is 13.5. The summed E-state index contributed by atoms with van der Waals surface area (Å²) in [5, 5.41) is 11.4. The number of hydrogen-bond acceptors (Lipinski definition) is 8. The Bertz CT molecular complexity index is 1200. The fraction of sp³-hybridized carbons (Fsp3) is 0.360. The van der Waals surface area contributed by atoms with E-state index in [0.717, 1.165) is 44.1 Å². The smallest absolute Gasteiger partial charge is 0.231 e.